The van der Waals surface area contributed by atoms with Gasteiger partial charge in [-0.2, -0.15) is 0 Å². The van der Waals surface area contributed by atoms with E-state index in [1.165, 1.54) is 22.0 Å². The molecule has 23 nitrogen and oxygen atoms in total. The highest BCUT2D eigenvalue weighted by Crippen LogP contribution is 2.51. The molecule has 4 fully saturated rings. The van der Waals surface area contributed by atoms with Crippen LogP contribution in [0.2, 0.25) is 0 Å². The summed E-state index contributed by atoms with van der Waals surface area (Å²) >= 11 is 0. The van der Waals surface area contributed by atoms with Gasteiger partial charge in [-0.25, -0.2) is 30.5 Å². The van der Waals surface area contributed by atoms with Crippen molar-refractivity contribution in [2.75, 3.05) is 46.2 Å². The summed E-state index contributed by atoms with van der Waals surface area (Å²) in [5, 5.41) is 17.4. The lowest BCUT2D eigenvalue weighted by Gasteiger charge is -2.25. The number of carbonyl (C=O) groups is 2. The Balaban J connectivity index is 0.000000230. The second-order valence-corrected chi connectivity index (χ2v) is 14.4. The third-order valence-electron chi connectivity index (χ3n) is 7.94. The van der Waals surface area contributed by atoms with Gasteiger partial charge in [0.1, 0.15) is 55.9 Å². The number of rotatable bonds is 16. The normalized spacial score (nSPS) is 30.5. The van der Waals surface area contributed by atoms with Gasteiger partial charge in [0.15, 0.2) is 24.0 Å². The van der Waals surface area contributed by atoms with Crippen molar-refractivity contribution in [1.82, 2.24) is 29.5 Å². The molecule has 2 aromatic rings. The minimum absolute atomic E-state index is 0.00545. The molecule has 0 aliphatic carbocycles. The molecular formula is C29H44N9O14P. The topological polar surface area (TPSA) is 282 Å². The van der Waals surface area contributed by atoms with Crippen molar-refractivity contribution in [1.29, 1.82) is 0 Å². The lowest BCUT2D eigenvalue weighted by molar-refractivity contribution is -0.201. The second-order valence-electron chi connectivity index (χ2n) is 12.8. The van der Waals surface area contributed by atoms with Crippen LogP contribution in [-0.4, -0.2) is 141 Å². The van der Waals surface area contributed by atoms with Crippen LogP contribution in [-0.2, 0) is 51.3 Å². The van der Waals surface area contributed by atoms with Gasteiger partial charge < -0.3 is 54.6 Å². The Morgan fingerprint density at radius 1 is 0.849 bits per heavy atom. The number of aromatic nitrogens is 6. The maximum absolute atomic E-state index is 13.0. The summed E-state index contributed by atoms with van der Waals surface area (Å²) in [7, 11) is -4.01. The minimum Gasteiger partial charge on any atom is -0.394 e. The number of carbonyl (C=O) groups excluding carboxylic acids is 2. The van der Waals surface area contributed by atoms with Crippen LogP contribution >= 0.6 is 7.82 Å². The van der Waals surface area contributed by atoms with E-state index < -0.39 is 80.3 Å². The van der Waals surface area contributed by atoms with Crippen LogP contribution < -0.4 is 11.5 Å². The van der Waals surface area contributed by atoms with Gasteiger partial charge in [-0.05, 0) is 34.6 Å². The number of hydrogen-bond acceptors (Lipinski definition) is 18. The molecule has 6 heterocycles. The molecule has 0 aromatic carbocycles. The van der Waals surface area contributed by atoms with Gasteiger partial charge in [0.25, 0.3) is 11.8 Å². The predicted molar refractivity (Wildman–Crippen MR) is 173 cm³/mol. The van der Waals surface area contributed by atoms with Gasteiger partial charge in [0.2, 0.25) is 18.2 Å². The molecule has 0 radical (unpaired) electrons. The third kappa shape index (κ3) is 9.79. The van der Waals surface area contributed by atoms with Gasteiger partial charge in [-0.1, -0.05) is 0 Å². The maximum atomic E-state index is 13.0. The molecular weight excluding hydrogens is 729 g/mol. The molecule has 0 spiro atoms. The molecule has 6 rings (SSSR count). The first-order valence-electron chi connectivity index (χ1n) is 16.6. The standard InChI is InChI=1S/C18H28N5O9P.C11H16N4O5/c1-5-26-8-9-28-33(25,27-7-6-20-4)29-10-12-13-14(32-18(2,3)31-13)17(30-12)23-11-21-16(22-23)15(19)24;1-11(2)19-6-5(3-16)18-10(7(6)20-11)15-4-13-9(14-15)8(12)17/h11-14,17H,5-10H2,1-3H3,(H2,19,24);4-7,10,16H,3H2,1-2H3,(H2,12,17)/t12-,13+,14?,17-,33?;5-,6+,7?,10-/m11/s1. The van der Waals surface area contributed by atoms with Crippen molar-refractivity contribution in [2.45, 2.75) is 95.3 Å². The molecule has 9 atom stereocenters. The van der Waals surface area contributed by atoms with Gasteiger partial charge >= 0.3 is 7.82 Å². The first-order chi connectivity index (χ1) is 25.1. The van der Waals surface area contributed by atoms with E-state index in [-0.39, 0.29) is 51.2 Å². The van der Waals surface area contributed by atoms with Crippen molar-refractivity contribution in [3.05, 3.63) is 35.7 Å². The van der Waals surface area contributed by atoms with Crippen molar-refractivity contribution >= 4 is 19.6 Å². The Bertz CT molecular complexity index is 1670. The predicted octanol–water partition coefficient (Wildman–Crippen LogP) is -0.305. The SMILES string of the molecule is CC1(C)OC2[C@@H](O1)[C@@H](CO)O[C@H]2n1cnc(C(N)=O)n1.[C-]#[N+]CCOP(=O)(OCCOCC)OC[C@H]1O[C@@H](n2cnc(C(N)=O)n2)C2OC(C)(C)O[C@H]21. The third-order valence-corrected chi connectivity index (χ3v) is 9.40. The number of aliphatic hydroxyl groups is 1. The number of fused-ring (bicyclic) bond motifs is 2. The maximum Gasteiger partial charge on any atom is 0.475 e. The number of nitrogens with zero attached hydrogens (tertiary/aromatic N) is 7. The highest BCUT2D eigenvalue weighted by atomic mass is 31.2. The number of primary amides is 2. The Morgan fingerprint density at radius 3 is 1.81 bits per heavy atom. The molecule has 294 valence electrons. The van der Waals surface area contributed by atoms with E-state index in [2.05, 4.69) is 25.0 Å². The van der Waals surface area contributed by atoms with E-state index in [1.54, 1.807) is 27.7 Å². The molecule has 2 aromatic heterocycles. The number of phosphoric acid groups is 1. The molecule has 4 aliphatic heterocycles. The highest BCUT2D eigenvalue weighted by Gasteiger charge is 2.57. The van der Waals surface area contributed by atoms with E-state index in [1.807, 2.05) is 6.92 Å². The van der Waals surface area contributed by atoms with E-state index in [4.69, 9.17) is 64.8 Å². The number of nitrogens with two attached hydrogens (primary N) is 2. The Hall–Kier alpha value is -3.50. The van der Waals surface area contributed by atoms with Crippen LogP contribution in [0.3, 0.4) is 0 Å². The summed E-state index contributed by atoms with van der Waals surface area (Å²) < 4.78 is 72.0. The lowest BCUT2D eigenvalue weighted by atomic mass is 10.1. The molecule has 0 bridgehead atoms. The van der Waals surface area contributed by atoms with Gasteiger partial charge in [-0.3, -0.25) is 23.2 Å². The van der Waals surface area contributed by atoms with Crippen molar-refractivity contribution in [2.24, 2.45) is 11.5 Å². The highest BCUT2D eigenvalue weighted by molar-refractivity contribution is 7.48. The molecule has 0 saturated carbocycles. The first kappa shape index (κ1) is 40.7. The summed E-state index contributed by atoms with van der Waals surface area (Å²) in [6, 6.07) is 0. The van der Waals surface area contributed by atoms with E-state index >= 15 is 0 Å². The zero-order valence-corrected chi connectivity index (χ0v) is 30.6. The molecule has 5 N–H and O–H groups in total. The largest absolute Gasteiger partial charge is 0.475 e. The number of aliphatic hydroxyl groups excluding tert-OH is 1. The molecule has 2 amide bonds. The summed E-state index contributed by atoms with van der Waals surface area (Å²) in [5.74, 6) is -3.47. The Kier molecular flexibility index (Phi) is 13.0. The zero-order valence-electron chi connectivity index (χ0n) is 29.7. The minimum atomic E-state index is -4.01. The fourth-order valence-corrected chi connectivity index (χ4v) is 7.03. The van der Waals surface area contributed by atoms with Crippen LogP contribution in [0.25, 0.3) is 4.85 Å². The van der Waals surface area contributed by atoms with Crippen LogP contribution in [0.5, 0.6) is 0 Å². The Labute approximate surface area is 303 Å². The number of amides is 2. The molecule has 53 heavy (non-hydrogen) atoms. The van der Waals surface area contributed by atoms with Crippen LogP contribution in [0.15, 0.2) is 12.7 Å². The van der Waals surface area contributed by atoms with Crippen LogP contribution in [0.1, 0.15) is 68.3 Å². The van der Waals surface area contributed by atoms with Crippen molar-refractivity contribution < 1.29 is 66.0 Å². The quantitative estimate of drug-likeness (QED) is 0.112. The van der Waals surface area contributed by atoms with E-state index in [0.29, 0.717) is 6.61 Å². The smallest absolute Gasteiger partial charge is 0.394 e. The summed E-state index contributed by atoms with van der Waals surface area (Å²) in [6.07, 6.45) is -2.10. The summed E-state index contributed by atoms with van der Waals surface area (Å²) in [5.41, 5.74) is 10.3. The second kappa shape index (κ2) is 16.9. The first-order valence-corrected chi connectivity index (χ1v) is 18.0. The van der Waals surface area contributed by atoms with Crippen molar-refractivity contribution in [3.63, 3.8) is 0 Å². The van der Waals surface area contributed by atoms with Crippen LogP contribution in [0, 0.1) is 6.57 Å². The lowest BCUT2D eigenvalue weighted by Crippen LogP contribution is -2.33. The fourth-order valence-electron chi connectivity index (χ4n) is 5.87. The average molecular weight is 774 g/mol. The summed E-state index contributed by atoms with van der Waals surface area (Å²) in [6.45, 7) is 15.8. The van der Waals surface area contributed by atoms with Gasteiger partial charge in [0.05, 0.1) is 26.4 Å². The molecule has 3 unspecified atom stereocenters. The van der Waals surface area contributed by atoms with Crippen LogP contribution in [0.4, 0.5) is 0 Å². The number of ether oxygens (including phenoxy) is 7. The van der Waals surface area contributed by atoms with E-state index in [0.717, 1.165) is 0 Å². The average Bonchev–Trinajstić information content (AvgIpc) is 3.94. The monoisotopic (exact) mass is 773 g/mol. The fraction of sp³-hybridized carbons (Fsp3) is 0.759. The van der Waals surface area contributed by atoms with Gasteiger partial charge in [0, 0.05) is 6.61 Å². The zero-order chi connectivity index (χ0) is 38.6. The summed E-state index contributed by atoms with van der Waals surface area (Å²) in [4.78, 5) is 33.2. The Morgan fingerprint density at radius 2 is 1.34 bits per heavy atom. The van der Waals surface area contributed by atoms with Gasteiger partial charge in [-0.15, -0.1) is 10.2 Å². The molecule has 24 heteroatoms. The molecule has 4 aliphatic rings. The number of hydrogen-bond donors (Lipinski definition) is 3. The molecule has 4 saturated heterocycles. The van der Waals surface area contributed by atoms with Crippen molar-refractivity contribution in [3.8, 4) is 0 Å². The van der Waals surface area contributed by atoms with E-state index in [9.17, 15) is 19.3 Å². The number of phosphoric ester groups is 1.